The van der Waals surface area contributed by atoms with Crippen molar-refractivity contribution in [2.24, 2.45) is 0 Å². The van der Waals surface area contributed by atoms with E-state index in [2.05, 4.69) is 19.9 Å². The summed E-state index contributed by atoms with van der Waals surface area (Å²) in [4.78, 5) is 15.6. The Kier molecular flexibility index (Phi) is 5.34. The van der Waals surface area contributed by atoms with Gasteiger partial charge >= 0.3 is 5.97 Å². The fourth-order valence-corrected chi connectivity index (χ4v) is 2.63. The third-order valence-electron chi connectivity index (χ3n) is 3.10. The number of hydrogen-bond donors (Lipinski definition) is 1. The van der Waals surface area contributed by atoms with Crippen molar-refractivity contribution < 1.29 is 23.1 Å². The number of carbonyl (C=O) groups is 1. The molecule has 7 nitrogen and oxygen atoms in total. The molecule has 25 heavy (non-hydrogen) atoms. The van der Waals surface area contributed by atoms with E-state index >= 15 is 0 Å². The third kappa shape index (κ3) is 4.38. The molecule has 0 aliphatic rings. The van der Waals surface area contributed by atoms with Crippen LogP contribution in [0.25, 0.3) is 0 Å². The normalized spacial score (nSPS) is 10.6. The molecule has 0 saturated heterocycles. The number of H-pyrrole nitrogens is 1. The molecule has 0 atom stereocenters. The van der Waals surface area contributed by atoms with Crippen LogP contribution in [0.2, 0.25) is 0 Å². The molecule has 0 bridgehead atoms. The van der Waals surface area contributed by atoms with Crippen molar-refractivity contribution in [1.29, 1.82) is 0 Å². The highest BCUT2D eigenvalue weighted by molar-refractivity contribution is 7.98. The van der Waals surface area contributed by atoms with Gasteiger partial charge in [-0.05, 0) is 24.3 Å². The van der Waals surface area contributed by atoms with Crippen LogP contribution in [0.1, 0.15) is 22.1 Å². The summed E-state index contributed by atoms with van der Waals surface area (Å²) >= 11 is 1.32. The summed E-state index contributed by atoms with van der Waals surface area (Å²) in [5, 5.41) is 7.26. The predicted octanol–water partition coefficient (Wildman–Crippen LogP) is 3.19. The molecule has 1 aromatic carbocycles. The molecule has 0 radical (unpaired) electrons. The summed E-state index contributed by atoms with van der Waals surface area (Å²) < 4.78 is 28.8. The number of nitrogens with one attached hydrogen (secondary N) is 1. The van der Waals surface area contributed by atoms with Gasteiger partial charge in [-0.15, -0.1) is 5.10 Å². The molecule has 2 heterocycles. The van der Waals surface area contributed by atoms with Crippen LogP contribution in [0.3, 0.4) is 0 Å². The number of carbonyl (C=O) groups excluding carboxylic acids is 1. The van der Waals surface area contributed by atoms with Crippen molar-refractivity contribution >= 4 is 17.7 Å². The minimum absolute atomic E-state index is 0.0712. The molecular weight excluding hydrogens is 349 g/mol. The number of ether oxygens (including phenoxy) is 2. The summed E-state index contributed by atoms with van der Waals surface area (Å²) in [6, 6.07) is 9.37. The van der Waals surface area contributed by atoms with E-state index in [0.717, 1.165) is 0 Å². The zero-order chi connectivity index (χ0) is 17.6. The Labute approximate surface area is 146 Å². The van der Waals surface area contributed by atoms with Crippen molar-refractivity contribution in [1.82, 2.24) is 15.2 Å². The molecule has 1 N–H and O–H groups in total. The number of aromatic nitrogens is 3. The molecule has 0 fully saturated rings. The first-order chi connectivity index (χ1) is 12.2. The van der Waals surface area contributed by atoms with Crippen LogP contribution >= 0.6 is 11.8 Å². The lowest BCUT2D eigenvalue weighted by Gasteiger charge is -2.03. The van der Waals surface area contributed by atoms with E-state index in [1.165, 1.54) is 31.0 Å². The summed E-state index contributed by atoms with van der Waals surface area (Å²) in [6.45, 7) is 0.0712. The topological polar surface area (TPSA) is 90.2 Å². The Morgan fingerprint density at radius 2 is 2.16 bits per heavy atom. The molecule has 3 rings (SSSR count). The van der Waals surface area contributed by atoms with Crippen molar-refractivity contribution in [3.05, 3.63) is 59.6 Å². The Morgan fingerprint density at radius 3 is 2.96 bits per heavy atom. The number of thioether (sulfide) groups is 1. The SMILES string of the molecule is COC(=O)c1ccc(CSc2n[nH]c(COc3ccccc3F)n2)o1. The average molecular weight is 363 g/mol. The van der Waals surface area contributed by atoms with E-state index in [0.29, 0.717) is 22.5 Å². The van der Waals surface area contributed by atoms with E-state index in [1.54, 1.807) is 24.3 Å². The number of rotatable bonds is 7. The van der Waals surface area contributed by atoms with Crippen LogP contribution in [0.15, 0.2) is 46.0 Å². The van der Waals surface area contributed by atoms with Crippen molar-refractivity contribution in [2.75, 3.05) is 7.11 Å². The highest BCUT2D eigenvalue weighted by atomic mass is 32.2. The van der Waals surface area contributed by atoms with Gasteiger partial charge in [0.2, 0.25) is 10.9 Å². The number of methoxy groups -OCH3 is 1. The second-order valence-corrected chi connectivity index (χ2v) is 5.77. The Morgan fingerprint density at radius 1 is 1.32 bits per heavy atom. The van der Waals surface area contributed by atoms with Crippen LogP contribution in [-0.2, 0) is 17.1 Å². The smallest absolute Gasteiger partial charge is 0.373 e. The zero-order valence-electron chi connectivity index (χ0n) is 13.2. The highest BCUT2D eigenvalue weighted by Crippen LogP contribution is 2.22. The second-order valence-electron chi connectivity index (χ2n) is 4.83. The molecule has 0 spiro atoms. The van der Waals surface area contributed by atoms with Crippen molar-refractivity contribution in [3.63, 3.8) is 0 Å². The number of aromatic amines is 1. The van der Waals surface area contributed by atoms with Gasteiger partial charge in [0.25, 0.3) is 0 Å². The molecule has 0 amide bonds. The van der Waals surface area contributed by atoms with E-state index in [-0.39, 0.29) is 18.1 Å². The second kappa shape index (κ2) is 7.84. The number of nitrogens with zero attached hydrogens (tertiary/aromatic N) is 2. The van der Waals surface area contributed by atoms with Gasteiger partial charge in [0.1, 0.15) is 12.4 Å². The molecular formula is C16H14FN3O4S. The van der Waals surface area contributed by atoms with Crippen LogP contribution < -0.4 is 4.74 Å². The van der Waals surface area contributed by atoms with Gasteiger partial charge in [0.05, 0.1) is 12.9 Å². The van der Waals surface area contributed by atoms with Gasteiger partial charge in [-0.3, -0.25) is 5.10 Å². The lowest BCUT2D eigenvalue weighted by Crippen LogP contribution is -1.99. The van der Waals surface area contributed by atoms with E-state index < -0.39 is 11.8 Å². The summed E-state index contributed by atoms with van der Waals surface area (Å²) in [7, 11) is 1.29. The molecule has 3 aromatic rings. The van der Waals surface area contributed by atoms with Gasteiger partial charge in [0.15, 0.2) is 17.4 Å². The van der Waals surface area contributed by atoms with E-state index in [9.17, 15) is 9.18 Å². The predicted molar refractivity (Wildman–Crippen MR) is 86.7 cm³/mol. The van der Waals surface area contributed by atoms with Gasteiger partial charge in [-0.1, -0.05) is 23.9 Å². The molecule has 0 unspecified atom stereocenters. The molecule has 2 aromatic heterocycles. The fraction of sp³-hybridized carbons (Fsp3) is 0.188. The van der Waals surface area contributed by atoms with Crippen LogP contribution in [0.5, 0.6) is 5.75 Å². The van der Waals surface area contributed by atoms with Gasteiger partial charge in [0, 0.05) is 0 Å². The van der Waals surface area contributed by atoms with Crippen LogP contribution in [-0.4, -0.2) is 28.3 Å². The Balaban J connectivity index is 1.52. The molecule has 130 valence electrons. The van der Waals surface area contributed by atoms with Crippen LogP contribution in [0.4, 0.5) is 4.39 Å². The van der Waals surface area contributed by atoms with Crippen molar-refractivity contribution in [2.45, 2.75) is 17.5 Å². The first-order valence-corrected chi connectivity index (χ1v) is 8.22. The minimum Gasteiger partial charge on any atom is -0.483 e. The monoisotopic (exact) mass is 363 g/mol. The number of benzene rings is 1. The largest absolute Gasteiger partial charge is 0.483 e. The Hall–Kier alpha value is -2.81. The standard InChI is InChI=1S/C16H14FN3O4S/c1-22-15(21)13-7-6-10(24-13)9-25-16-18-14(19-20-16)8-23-12-5-3-2-4-11(12)17/h2-7H,8-9H2,1H3,(H,18,19,20). The van der Waals surface area contributed by atoms with Gasteiger partial charge in [-0.25, -0.2) is 14.2 Å². The number of esters is 1. The van der Waals surface area contributed by atoms with E-state index in [1.807, 2.05) is 0 Å². The maximum Gasteiger partial charge on any atom is 0.373 e. The maximum absolute atomic E-state index is 13.5. The summed E-state index contributed by atoms with van der Waals surface area (Å²) in [5.41, 5.74) is 0. The van der Waals surface area contributed by atoms with E-state index in [4.69, 9.17) is 9.15 Å². The van der Waals surface area contributed by atoms with Crippen LogP contribution in [0, 0.1) is 5.82 Å². The molecule has 0 aliphatic heterocycles. The number of hydrogen-bond acceptors (Lipinski definition) is 7. The summed E-state index contributed by atoms with van der Waals surface area (Å²) in [5.74, 6) is 0.853. The lowest BCUT2D eigenvalue weighted by molar-refractivity contribution is 0.0563. The first-order valence-electron chi connectivity index (χ1n) is 7.24. The summed E-state index contributed by atoms with van der Waals surface area (Å²) in [6.07, 6.45) is 0. The highest BCUT2D eigenvalue weighted by Gasteiger charge is 2.12. The van der Waals surface area contributed by atoms with Gasteiger partial charge < -0.3 is 13.9 Å². The number of furan rings is 1. The fourth-order valence-electron chi connectivity index (χ4n) is 1.92. The first kappa shape index (κ1) is 17.0. The quantitative estimate of drug-likeness (QED) is 0.509. The van der Waals surface area contributed by atoms with Crippen molar-refractivity contribution in [3.8, 4) is 5.75 Å². The molecule has 0 saturated carbocycles. The zero-order valence-corrected chi connectivity index (χ0v) is 14.0. The maximum atomic E-state index is 13.5. The number of halogens is 1. The number of para-hydroxylation sites is 1. The lowest BCUT2D eigenvalue weighted by atomic mass is 10.3. The minimum atomic E-state index is -0.526. The molecule has 9 heteroatoms. The molecule has 0 aliphatic carbocycles. The Bertz CT molecular complexity index is 864. The average Bonchev–Trinajstić information content (AvgIpc) is 3.28. The third-order valence-corrected chi connectivity index (χ3v) is 3.97. The van der Waals surface area contributed by atoms with Gasteiger partial charge in [-0.2, -0.15) is 0 Å².